The van der Waals surface area contributed by atoms with Crippen LogP contribution in [0.1, 0.15) is 22.8 Å². The van der Waals surface area contributed by atoms with Gasteiger partial charge in [0.05, 0.1) is 15.5 Å². The molecule has 1 saturated heterocycles. The summed E-state index contributed by atoms with van der Waals surface area (Å²) >= 11 is 15.0. The van der Waals surface area contributed by atoms with Gasteiger partial charge < -0.3 is 10.1 Å². The fourth-order valence-corrected chi connectivity index (χ4v) is 7.64. The van der Waals surface area contributed by atoms with Crippen molar-refractivity contribution >= 4 is 75.8 Å². The van der Waals surface area contributed by atoms with Crippen molar-refractivity contribution in [2.24, 2.45) is 0 Å². The minimum Gasteiger partial charge on any atom is -0.457 e. The van der Waals surface area contributed by atoms with Gasteiger partial charge >= 0.3 is 0 Å². The van der Waals surface area contributed by atoms with Crippen molar-refractivity contribution in [3.63, 3.8) is 0 Å². The van der Waals surface area contributed by atoms with E-state index in [1.165, 1.54) is 22.7 Å². The number of Topliss-reactive ketones (excluding diaryl/α,β-unsaturated/α-hetero) is 1. The van der Waals surface area contributed by atoms with Gasteiger partial charge in [0, 0.05) is 29.1 Å². The third kappa shape index (κ3) is 6.89. The normalized spacial score (nSPS) is 19.9. The molecule has 1 amide bonds. The van der Waals surface area contributed by atoms with Crippen LogP contribution in [-0.4, -0.2) is 34.0 Å². The van der Waals surface area contributed by atoms with Crippen LogP contribution in [0.3, 0.4) is 0 Å². The number of nitrogens with zero attached hydrogens (tertiary/aromatic N) is 1. The van der Waals surface area contributed by atoms with E-state index < -0.39 is 11.4 Å². The molecule has 10 heteroatoms. The molecule has 3 aromatic rings. The number of alkyl halides is 1. The SMILES string of the molecule is Cc1cccc(C2CC(=O)C(C=C3C(=O)N(c4ccc(Oc5ccccc5)cc4)C(=S)NC3Cl)=C(SCC=C=O)S2)c1. The number of aryl methyl sites for hydroxylation is 1. The molecule has 0 aliphatic carbocycles. The van der Waals surface area contributed by atoms with Gasteiger partial charge in [-0.1, -0.05) is 59.6 Å². The number of amides is 1. The number of rotatable bonds is 8. The summed E-state index contributed by atoms with van der Waals surface area (Å²) in [4.78, 5) is 39.5. The fourth-order valence-electron chi connectivity index (χ4n) is 4.48. The molecule has 0 spiro atoms. The van der Waals surface area contributed by atoms with E-state index >= 15 is 0 Å². The van der Waals surface area contributed by atoms with Crippen LogP contribution in [0, 0.1) is 6.92 Å². The maximum Gasteiger partial charge on any atom is 0.263 e. The van der Waals surface area contributed by atoms with Crippen molar-refractivity contribution in [2.45, 2.75) is 24.1 Å². The number of carbonyl (C=O) groups excluding carboxylic acids is 3. The lowest BCUT2D eigenvalue weighted by atomic mass is 9.99. The predicted octanol–water partition coefficient (Wildman–Crippen LogP) is 7.28. The van der Waals surface area contributed by atoms with E-state index in [9.17, 15) is 14.4 Å². The average Bonchev–Trinajstić information content (AvgIpc) is 2.97. The molecule has 2 unspecified atom stereocenters. The van der Waals surface area contributed by atoms with E-state index in [0.717, 1.165) is 15.4 Å². The Morgan fingerprint density at radius 2 is 1.83 bits per heavy atom. The van der Waals surface area contributed by atoms with Gasteiger partial charge in [-0.25, -0.2) is 4.79 Å². The van der Waals surface area contributed by atoms with Crippen LogP contribution >= 0.6 is 47.3 Å². The van der Waals surface area contributed by atoms with Crippen LogP contribution in [0.15, 0.2) is 106 Å². The largest absolute Gasteiger partial charge is 0.457 e. The van der Waals surface area contributed by atoms with Crippen molar-refractivity contribution in [1.29, 1.82) is 0 Å². The lowest BCUT2D eigenvalue weighted by Gasteiger charge is -2.33. The molecule has 0 aromatic heterocycles. The van der Waals surface area contributed by atoms with E-state index in [0.29, 0.717) is 28.5 Å². The smallest absolute Gasteiger partial charge is 0.263 e. The van der Waals surface area contributed by atoms with Crippen LogP contribution in [0.4, 0.5) is 5.69 Å². The summed E-state index contributed by atoms with van der Waals surface area (Å²) in [7, 11) is 0. The minimum absolute atomic E-state index is 0.0880. The lowest BCUT2D eigenvalue weighted by molar-refractivity contribution is -0.115. The van der Waals surface area contributed by atoms with Crippen molar-refractivity contribution in [3.8, 4) is 11.5 Å². The van der Waals surface area contributed by atoms with Crippen LogP contribution in [0.5, 0.6) is 11.5 Å². The molecule has 6 nitrogen and oxygen atoms in total. The first-order valence-corrected chi connectivity index (χ1v) is 15.7. The van der Waals surface area contributed by atoms with E-state index in [4.69, 9.17) is 28.6 Å². The number of nitrogens with one attached hydrogen (secondary N) is 1. The summed E-state index contributed by atoms with van der Waals surface area (Å²) in [6.07, 6.45) is 3.19. The number of hydrogen-bond donors (Lipinski definition) is 1. The van der Waals surface area contributed by atoms with Gasteiger partial charge in [-0.2, -0.15) is 0 Å². The predicted molar refractivity (Wildman–Crippen MR) is 175 cm³/mol. The minimum atomic E-state index is -0.928. The molecule has 3 aromatic carbocycles. The number of allylic oxidation sites excluding steroid dienone is 2. The number of hydrogen-bond acceptors (Lipinski definition) is 7. The molecular formula is C32H25ClN2O4S3. The van der Waals surface area contributed by atoms with Gasteiger partial charge in [0.2, 0.25) is 0 Å². The zero-order chi connectivity index (χ0) is 29.6. The molecular weight excluding hydrogens is 608 g/mol. The first-order valence-electron chi connectivity index (χ1n) is 13.0. The Labute approximate surface area is 262 Å². The average molecular weight is 633 g/mol. The summed E-state index contributed by atoms with van der Waals surface area (Å²) in [5.74, 6) is 2.88. The molecule has 212 valence electrons. The van der Waals surface area contributed by atoms with E-state index in [-0.39, 0.29) is 28.1 Å². The molecule has 2 aliphatic rings. The monoisotopic (exact) mass is 632 g/mol. The molecule has 0 bridgehead atoms. The first kappa shape index (κ1) is 29.9. The van der Waals surface area contributed by atoms with Crippen molar-refractivity contribution < 1.29 is 19.1 Å². The van der Waals surface area contributed by atoms with Gasteiger partial charge in [0.25, 0.3) is 5.91 Å². The molecule has 2 aliphatic heterocycles. The summed E-state index contributed by atoms with van der Waals surface area (Å²) in [6, 6.07) is 24.4. The highest BCUT2D eigenvalue weighted by Crippen LogP contribution is 2.49. The highest BCUT2D eigenvalue weighted by molar-refractivity contribution is 8.22. The van der Waals surface area contributed by atoms with E-state index in [1.807, 2.05) is 55.5 Å². The Balaban J connectivity index is 1.45. The molecule has 42 heavy (non-hydrogen) atoms. The number of ketones is 1. The van der Waals surface area contributed by atoms with Crippen LogP contribution < -0.4 is 15.0 Å². The standard InChI is InChI=1S/C32H25ClN2O4S3/c1-20-7-5-8-21(17-20)28-19-27(37)25(31(42-28)41-16-6-15-36)18-26-29(33)34-32(40)35(30(26)38)22-11-13-24(14-12-22)39-23-9-3-2-4-10-23/h2-14,17-18,28-29H,16,19H2,1H3,(H,34,40). The summed E-state index contributed by atoms with van der Waals surface area (Å²) in [5, 5.41) is 3.03. The summed E-state index contributed by atoms with van der Waals surface area (Å²) in [5.41, 5.74) is 2.33. The number of ether oxygens (including phenoxy) is 1. The third-order valence-electron chi connectivity index (χ3n) is 6.49. The number of thioether (sulfide) groups is 2. The summed E-state index contributed by atoms with van der Waals surface area (Å²) in [6.45, 7) is 2.01. The highest BCUT2D eigenvalue weighted by Gasteiger charge is 2.36. The zero-order valence-corrected chi connectivity index (χ0v) is 25.6. The van der Waals surface area contributed by atoms with Gasteiger partial charge in [-0.05, 0) is 67.2 Å². The molecule has 1 fully saturated rings. The second-order valence-electron chi connectivity index (χ2n) is 9.44. The number of benzene rings is 3. The van der Waals surface area contributed by atoms with Gasteiger partial charge in [0.1, 0.15) is 22.9 Å². The number of para-hydroxylation sites is 1. The van der Waals surface area contributed by atoms with Gasteiger partial charge in [-0.15, -0.1) is 23.5 Å². The maximum atomic E-state index is 13.8. The number of halogens is 1. The van der Waals surface area contributed by atoms with Gasteiger partial charge in [-0.3, -0.25) is 14.5 Å². The summed E-state index contributed by atoms with van der Waals surface area (Å²) < 4.78 is 6.58. The number of thiocarbonyl (C=S) groups is 1. The molecule has 0 radical (unpaired) electrons. The Bertz CT molecular complexity index is 1630. The molecule has 5 rings (SSSR count). The Kier molecular flexibility index (Phi) is 9.67. The van der Waals surface area contributed by atoms with E-state index in [2.05, 4.69) is 11.4 Å². The van der Waals surface area contributed by atoms with Crippen LogP contribution in [-0.2, 0) is 14.4 Å². The highest BCUT2D eigenvalue weighted by atomic mass is 35.5. The second-order valence-corrected chi connectivity index (χ2v) is 12.8. The lowest BCUT2D eigenvalue weighted by Crippen LogP contribution is -2.54. The number of anilines is 1. The Hall–Kier alpha value is -3.59. The number of carbonyl (C=O) groups is 2. The molecule has 2 atom stereocenters. The molecule has 1 N–H and O–H groups in total. The quantitative estimate of drug-likeness (QED) is 0.0913. The van der Waals surface area contributed by atoms with Crippen molar-refractivity contribution in [1.82, 2.24) is 5.32 Å². The zero-order valence-electron chi connectivity index (χ0n) is 22.4. The van der Waals surface area contributed by atoms with E-state index in [1.54, 1.807) is 48.0 Å². The Morgan fingerprint density at radius 1 is 1.10 bits per heavy atom. The van der Waals surface area contributed by atoms with Gasteiger partial charge in [0.15, 0.2) is 10.9 Å². The first-order chi connectivity index (χ1) is 20.3. The fraction of sp³-hybridized carbons (Fsp3) is 0.156. The van der Waals surface area contributed by atoms with Crippen LogP contribution in [0.2, 0.25) is 0 Å². The molecule has 2 heterocycles. The Morgan fingerprint density at radius 3 is 2.55 bits per heavy atom. The van der Waals surface area contributed by atoms with Crippen molar-refractivity contribution in [2.75, 3.05) is 10.7 Å². The maximum absolute atomic E-state index is 13.8. The van der Waals surface area contributed by atoms with Crippen molar-refractivity contribution in [3.05, 3.63) is 118 Å². The third-order valence-corrected chi connectivity index (χ3v) is 9.75. The second kappa shape index (κ2) is 13.6. The topological polar surface area (TPSA) is 75.7 Å². The molecule has 0 saturated carbocycles. The van der Waals surface area contributed by atoms with Crippen LogP contribution in [0.25, 0.3) is 0 Å².